The molecule has 8 heteroatoms. The summed E-state index contributed by atoms with van der Waals surface area (Å²) in [6, 6.07) is 7.07. The van der Waals surface area contributed by atoms with E-state index in [1.165, 1.54) is 23.1 Å². The minimum Gasteiger partial charge on any atom is -0.472 e. The van der Waals surface area contributed by atoms with Crippen molar-refractivity contribution in [2.75, 3.05) is 26.7 Å². The van der Waals surface area contributed by atoms with E-state index < -0.39 is 23.9 Å². The van der Waals surface area contributed by atoms with E-state index in [9.17, 15) is 19.1 Å². The molecule has 2 heterocycles. The first-order valence-corrected chi connectivity index (χ1v) is 12.2. The van der Waals surface area contributed by atoms with E-state index in [1.807, 2.05) is 6.92 Å². The summed E-state index contributed by atoms with van der Waals surface area (Å²) < 4.78 is 20.4. The lowest BCUT2D eigenvalue weighted by Gasteiger charge is -2.37. The minimum absolute atomic E-state index is 0.0210. The number of carbonyl (C=O) groups excluding carboxylic acids is 2. The van der Waals surface area contributed by atoms with Gasteiger partial charge in [-0.1, -0.05) is 44.7 Å². The Balaban J connectivity index is 1.94. The van der Waals surface area contributed by atoms with Crippen LogP contribution >= 0.6 is 0 Å². The van der Waals surface area contributed by atoms with Gasteiger partial charge in [0, 0.05) is 37.7 Å². The number of hydrogen-bond donors (Lipinski definition) is 1. The number of pyridine rings is 1. The van der Waals surface area contributed by atoms with Crippen LogP contribution in [-0.4, -0.2) is 70.6 Å². The molecule has 0 saturated heterocycles. The van der Waals surface area contributed by atoms with Crippen molar-refractivity contribution in [2.45, 2.75) is 46.3 Å². The number of nitrogens with zero attached hydrogens (tertiary/aromatic N) is 3. The van der Waals surface area contributed by atoms with Crippen molar-refractivity contribution in [1.29, 1.82) is 0 Å². The van der Waals surface area contributed by atoms with Crippen LogP contribution in [0.3, 0.4) is 0 Å². The predicted octanol–water partition coefficient (Wildman–Crippen LogP) is 3.61. The number of carbonyl (C=O) groups is 2. The fourth-order valence-corrected chi connectivity index (χ4v) is 3.94. The number of ether oxygens (including phenoxy) is 1. The zero-order valence-electron chi connectivity index (χ0n) is 21.5. The number of aromatic nitrogens is 1. The molecule has 2 aromatic rings. The summed E-state index contributed by atoms with van der Waals surface area (Å²) in [6.45, 7) is 8.09. The van der Waals surface area contributed by atoms with Gasteiger partial charge in [-0.3, -0.25) is 9.59 Å². The van der Waals surface area contributed by atoms with Crippen LogP contribution in [0.2, 0.25) is 0 Å². The summed E-state index contributed by atoms with van der Waals surface area (Å²) >= 11 is 0. The molecule has 7 nitrogen and oxygen atoms in total. The number of likely N-dealkylation sites (N-methyl/N-ethyl adjacent to an activating group) is 1. The van der Waals surface area contributed by atoms with Crippen LogP contribution in [0.4, 0.5) is 4.39 Å². The number of aliphatic hydroxyl groups is 1. The maximum absolute atomic E-state index is 14.2. The lowest BCUT2D eigenvalue weighted by molar-refractivity contribution is 0.0312. The first-order valence-electron chi connectivity index (χ1n) is 12.2. The maximum Gasteiger partial charge on any atom is 0.259 e. The van der Waals surface area contributed by atoms with Gasteiger partial charge in [0.2, 0.25) is 5.88 Å². The molecule has 0 fully saturated rings. The summed E-state index contributed by atoms with van der Waals surface area (Å²) in [5.74, 6) is 5.16. The standard InChI is InChI=1S/C28H34FN3O4/c1-18(2)9-8-10-21-13-23-26(30-14-21)36-25(19(3)15-32(28(23)35)20(4)17-33)16-31(5)27(34)22-11-6-7-12-24(22)29/h6-7,11-14,18-20,25,33H,9,15-17H2,1-5H3/t19-,20+,25-/m0/s1. The largest absolute Gasteiger partial charge is 0.472 e. The first-order chi connectivity index (χ1) is 17.1. The van der Waals surface area contributed by atoms with E-state index in [4.69, 9.17) is 4.74 Å². The predicted molar refractivity (Wildman–Crippen MR) is 135 cm³/mol. The van der Waals surface area contributed by atoms with Gasteiger partial charge in [0.25, 0.3) is 11.8 Å². The van der Waals surface area contributed by atoms with Crippen LogP contribution in [0.15, 0.2) is 36.5 Å². The monoisotopic (exact) mass is 495 g/mol. The SMILES string of the molecule is CC(C)CC#Cc1cnc2c(c1)C(=O)N([C@H](C)CO)C[C@H](C)[C@H](CN(C)C(=O)c1ccccc1F)O2. The molecule has 1 aliphatic rings. The van der Waals surface area contributed by atoms with Gasteiger partial charge in [-0.25, -0.2) is 9.37 Å². The van der Waals surface area contributed by atoms with Crippen molar-refractivity contribution in [3.63, 3.8) is 0 Å². The van der Waals surface area contributed by atoms with E-state index in [0.717, 1.165) is 6.42 Å². The summed E-state index contributed by atoms with van der Waals surface area (Å²) in [5.41, 5.74) is 0.832. The lowest BCUT2D eigenvalue weighted by atomic mass is 9.99. The van der Waals surface area contributed by atoms with Gasteiger partial charge in [-0.2, -0.15) is 0 Å². The second-order valence-corrected chi connectivity index (χ2v) is 9.76. The fraction of sp³-hybridized carbons (Fsp3) is 0.464. The third-order valence-electron chi connectivity index (χ3n) is 6.17. The molecule has 3 atom stereocenters. The maximum atomic E-state index is 14.2. The van der Waals surface area contributed by atoms with Gasteiger partial charge >= 0.3 is 0 Å². The molecule has 0 aliphatic carbocycles. The molecule has 192 valence electrons. The average molecular weight is 496 g/mol. The second-order valence-electron chi connectivity index (χ2n) is 9.76. The zero-order valence-corrected chi connectivity index (χ0v) is 21.5. The number of aliphatic hydroxyl groups excluding tert-OH is 1. The topological polar surface area (TPSA) is 83.0 Å². The summed E-state index contributed by atoms with van der Waals surface area (Å²) in [6.07, 6.45) is 1.75. The van der Waals surface area contributed by atoms with Gasteiger partial charge in [0.05, 0.1) is 24.8 Å². The van der Waals surface area contributed by atoms with Crippen molar-refractivity contribution in [2.24, 2.45) is 11.8 Å². The van der Waals surface area contributed by atoms with Crippen LogP contribution in [-0.2, 0) is 0 Å². The Bertz CT molecular complexity index is 1160. The highest BCUT2D eigenvalue weighted by Gasteiger charge is 2.35. The average Bonchev–Trinajstić information content (AvgIpc) is 2.85. The highest BCUT2D eigenvalue weighted by molar-refractivity contribution is 5.97. The minimum atomic E-state index is -0.590. The number of amides is 2. The highest BCUT2D eigenvalue weighted by atomic mass is 19.1. The van der Waals surface area contributed by atoms with E-state index in [-0.39, 0.29) is 42.0 Å². The van der Waals surface area contributed by atoms with Gasteiger partial charge in [-0.05, 0) is 31.0 Å². The molecule has 0 radical (unpaired) electrons. The molecule has 1 aliphatic heterocycles. The van der Waals surface area contributed by atoms with Crippen LogP contribution in [0.25, 0.3) is 0 Å². The Labute approximate surface area is 212 Å². The van der Waals surface area contributed by atoms with Gasteiger partial charge in [0.1, 0.15) is 17.5 Å². The summed E-state index contributed by atoms with van der Waals surface area (Å²) in [5, 5.41) is 9.81. The molecule has 0 bridgehead atoms. The van der Waals surface area contributed by atoms with Crippen molar-refractivity contribution in [3.8, 4) is 17.7 Å². The third-order valence-corrected chi connectivity index (χ3v) is 6.17. The van der Waals surface area contributed by atoms with Crippen LogP contribution in [0.5, 0.6) is 5.88 Å². The number of halogens is 1. The van der Waals surface area contributed by atoms with Crippen LogP contribution < -0.4 is 4.74 Å². The molecule has 1 N–H and O–H groups in total. The quantitative estimate of drug-likeness (QED) is 0.619. The molecular formula is C28H34FN3O4. The molecule has 0 saturated carbocycles. The van der Waals surface area contributed by atoms with Gasteiger partial charge in [0.15, 0.2) is 0 Å². The molecule has 1 aromatic heterocycles. The molecular weight excluding hydrogens is 461 g/mol. The molecule has 3 rings (SSSR count). The highest BCUT2D eigenvalue weighted by Crippen LogP contribution is 2.27. The van der Waals surface area contributed by atoms with Crippen molar-refractivity contribution < 1.29 is 23.8 Å². The van der Waals surface area contributed by atoms with Crippen LogP contribution in [0, 0.1) is 29.5 Å². The summed E-state index contributed by atoms with van der Waals surface area (Å²) in [7, 11) is 1.59. The molecule has 0 unspecified atom stereocenters. The van der Waals surface area contributed by atoms with E-state index >= 15 is 0 Å². The Morgan fingerprint density at radius 1 is 1.33 bits per heavy atom. The zero-order chi connectivity index (χ0) is 26.4. The second kappa shape index (κ2) is 12.0. The van der Waals surface area contributed by atoms with Gasteiger partial charge in [-0.15, -0.1) is 0 Å². The number of rotatable bonds is 6. The van der Waals surface area contributed by atoms with E-state index in [0.29, 0.717) is 18.0 Å². The lowest BCUT2D eigenvalue weighted by Crippen LogP contribution is -2.50. The number of benzene rings is 1. The van der Waals surface area contributed by atoms with Crippen LogP contribution in [0.1, 0.15) is 60.4 Å². The molecule has 36 heavy (non-hydrogen) atoms. The smallest absolute Gasteiger partial charge is 0.259 e. The first kappa shape index (κ1) is 27.2. The normalized spacial score (nSPS) is 18.3. The van der Waals surface area contributed by atoms with Crippen molar-refractivity contribution >= 4 is 11.8 Å². The number of hydrogen-bond acceptors (Lipinski definition) is 5. The molecule has 1 aromatic carbocycles. The Hall–Kier alpha value is -3.44. The van der Waals surface area contributed by atoms with E-state index in [1.54, 1.807) is 37.2 Å². The van der Waals surface area contributed by atoms with Gasteiger partial charge < -0.3 is 19.6 Å². The Morgan fingerprint density at radius 3 is 2.72 bits per heavy atom. The third kappa shape index (κ3) is 6.41. The van der Waals surface area contributed by atoms with Crippen molar-refractivity contribution in [1.82, 2.24) is 14.8 Å². The Morgan fingerprint density at radius 2 is 2.06 bits per heavy atom. The molecule has 0 spiro atoms. The Kier molecular flexibility index (Phi) is 9.05. The molecule has 2 amide bonds. The summed E-state index contributed by atoms with van der Waals surface area (Å²) in [4.78, 5) is 33.8. The van der Waals surface area contributed by atoms with Crippen molar-refractivity contribution in [3.05, 3.63) is 59.0 Å². The fourth-order valence-electron chi connectivity index (χ4n) is 3.94. The van der Waals surface area contributed by atoms with E-state index in [2.05, 4.69) is 30.7 Å². The number of fused-ring (bicyclic) bond motifs is 1.